The molecule has 0 bridgehead atoms. The zero-order valence-corrected chi connectivity index (χ0v) is 18.7. The van der Waals surface area contributed by atoms with Crippen LogP contribution in [0, 0.1) is 5.82 Å². The highest BCUT2D eigenvalue weighted by Gasteiger charge is 2.50. The lowest BCUT2D eigenvalue weighted by atomic mass is 9.93. The van der Waals surface area contributed by atoms with Gasteiger partial charge in [-0.05, 0) is 48.4 Å². The van der Waals surface area contributed by atoms with Crippen molar-refractivity contribution in [1.29, 1.82) is 0 Å². The summed E-state index contributed by atoms with van der Waals surface area (Å²) < 4.78 is 14.2. The Hall–Kier alpha value is -3.95. The summed E-state index contributed by atoms with van der Waals surface area (Å²) in [5.74, 6) is -0.769. The minimum Gasteiger partial charge on any atom is -0.465 e. The van der Waals surface area contributed by atoms with E-state index in [0.29, 0.717) is 45.4 Å². The predicted octanol–water partition coefficient (Wildman–Crippen LogP) is 4.63. The fourth-order valence-electron chi connectivity index (χ4n) is 4.30. The van der Waals surface area contributed by atoms with Gasteiger partial charge < -0.3 is 15.2 Å². The molecule has 10 heteroatoms. The third kappa shape index (κ3) is 3.46. The first-order valence-electron chi connectivity index (χ1n) is 10.3. The highest BCUT2D eigenvalue weighted by Crippen LogP contribution is 2.45. The number of aromatic nitrogens is 2. The molecule has 2 amide bonds. The number of aliphatic hydroxyl groups is 1. The van der Waals surface area contributed by atoms with Crippen LogP contribution in [0.1, 0.15) is 34.0 Å². The van der Waals surface area contributed by atoms with E-state index in [1.54, 1.807) is 48.5 Å². The molecule has 0 radical (unpaired) electrons. The fourth-order valence-corrected chi connectivity index (χ4v) is 4.30. The Bertz CT molecular complexity index is 1440. The number of aromatic amines is 1. The molecule has 1 aromatic heterocycles. The summed E-state index contributed by atoms with van der Waals surface area (Å²) in [6.07, 6.45) is -0.844. The maximum atomic E-state index is 14.2. The Morgan fingerprint density at radius 3 is 2.68 bits per heavy atom. The van der Waals surface area contributed by atoms with E-state index in [2.05, 4.69) is 15.3 Å². The van der Waals surface area contributed by atoms with Crippen molar-refractivity contribution in [3.63, 3.8) is 0 Å². The molecule has 1 atom stereocenters. The van der Waals surface area contributed by atoms with Crippen molar-refractivity contribution in [2.75, 3.05) is 10.2 Å². The Morgan fingerprint density at radius 2 is 1.94 bits per heavy atom. The fraction of sp³-hybridized carbons (Fsp3) is 0.125. The van der Waals surface area contributed by atoms with Crippen LogP contribution in [0.4, 0.5) is 20.8 Å². The number of amides is 2. The number of carbonyl (C=O) groups is 2. The molecule has 0 saturated heterocycles. The van der Waals surface area contributed by atoms with Gasteiger partial charge in [-0.1, -0.05) is 31.2 Å². The van der Waals surface area contributed by atoms with Crippen molar-refractivity contribution in [2.45, 2.75) is 19.1 Å². The maximum absolute atomic E-state index is 14.2. The van der Waals surface area contributed by atoms with Crippen LogP contribution in [0.25, 0.3) is 11.0 Å². The number of aryl methyl sites for hydroxylation is 1. The number of fused-ring (bicyclic) bond motifs is 2. The number of nitrogens with one attached hydrogen (secondary N) is 2. The normalized spacial score (nSPS) is 16.9. The molecule has 5 rings (SSSR count). The van der Waals surface area contributed by atoms with Crippen molar-refractivity contribution in [3.05, 3.63) is 88.7 Å². The third-order valence-electron chi connectivity index (χ3n) is 5.84. The largest absolute Gasteiger partial charge is 0.465 e. The van der Waals surface area contributed by atoms with Crippen LogP contribution in [0.15, 0.2) is 60.7 Å². The molecule has 2 heterocycles. The van der Waals surface area contributed by atoms with E-state index in [4.69, 9.17) is 5.11 Å². The maximum Gasteiger partial charge on any atom is 0.411 e. The Balaban J connectivity index is 0.00000274. The second-order valence-electron chi connectivity index (χ2n) is 7.74. The zero-order valence-electron chi connectivity index (χ0n) is 17.9. The van der Waals surface area contributed by atoms with Gasteiger partial charge in [0.2, 0.25) is 5.95 Å². The molecule has 0 aliphatic carbocycles. The van der Waals surface area contributed by atoms with Gasteiger partial charge in [0.05, 0.1) is 11.0 Å². The molecule has 4 N–H and O–H groups in total. The molecule has 1 aliphatic heterocycles. The van der Waals surface area contributed by atoms with Crippen molar-refractivity contribution in [2.24, 2.45) is 0 Å². The molecular weight excluding hydrogens is 463 g/mol. The van der Waals surface area contributed by atoms with E-state index in [0.717, 1.165) is 0 Å². The third-order valence-corrected chi connectivity index (χ3v) is 5.84. The monoisotopic (exact) mass is 482 g/mol. The van der Waals surface area contributed by atoms with E-state index in [-0.39, 0.29) is 24.2 Å². The van der Waals surface area contributed by atoms with Crippen LogP contribution < -0.4 is 10.2 Å². The van der Waals surface area contributed by atoms with Crippen molar-refractivity contribution < 1.29 is 24.2 Å². The average Bonchev–Trinajstić information content (AvgIpc) is 3.30. The number of nitrogens with zero attached hydrogens (tertiary/aromatic N) is 2. The van der Waals surface area contributed by atoms with Crippen LogP contribution in [0.3, 0.4) is 0 Å². The van der Waals surface area contributed by atoms with E-state index in [1.165, 1.54) is 17.0 Å². The first-order chi connectivity index (χ1) is 15.8. The first kappa shape index (κ1) is 23.2. The van der Waals surface area contributed by atoms with Gasteiger partial charge in [-0.15, -0.1) is 12.4 Å². The van der Waals surface area contributed by atoms with Gasteiger partial charge in [0, 0.05) is 22.4 Å². The molecule has 34 heavy (non-hydrogen) atoms. The van der Waals surface area contributed by atoms with Gasteiger partial charge in [-0.2, -0.15) is 0 Å². The lowest BCUT2D eigenvalue weighted by Gasteiger charge is -2.35. The molecule has 0 saturated carbocycles. The van der Waals surface area contributed by atoms with Crippen LogP contribution in [0.5, 0.6) is 0 Å². The van der Waals surface area contributed by atoms with Crippen molar-refractivity contribution in [3.8, 4) is 0 Å². The van der Waals surface area contributed by atoms with Crippen LogP contribution in [-0.2, 0) is 12.1 Å². The highest BCUT2D eigenvalue weighted by molar-refractivity contribution is 6.12. The number of anilines is 2. The van der Waals surface area contributed by atoms with Crippen LogP contribution >= 0.6 is 12.4 Å². The lowest BCUT2D eigenvalue weighted by Crippen LogP contribution is -2.45. The minimum absolute atomic E-state index is 0. The lowest BCUT2D eigenvalue weighted by molar-refractivity contribution is 0.0704. The second kappa shape index (κ2) is 8.44. The van der Waals surface area contributed by atoms with Crippen molar-refractivity contribution >= 4 is 47.1 Å². The number of benzene rings is 3. The zero-order chi connectivity index (χ0) is 23.3. The number of halogens is 2. The quantitative estimate of drug-likeness (QED) is 0.338. The van der Waals surface area contributed by atoms with Gasteiger partial charge in [-0.25, -0.2) is 14.2 Å². The summed E-state index contributed by atoms with van der Waals surface area (Å²) in [4.78, 5) is 32.7. The molecule has 3 aromatic carbocycles. The SMILES string of the molecule is CCc1cc(N2C(=O)c3ccccc3C2(O)c2ccc3[nH]c(NC(=O)O)nc3c2)ccc1F.Cl. The molecule has 1 unspecified atom stereocenters. The minimum atomic E-state index is -1.88. The molecular formula is C24H20ClFN4O4. The summed E-state index contributed by atoms with van der Waals surface area (Å²) in [6.45, 7) is 1.81. The number of carboxylic acid groups (broad SMARTS) is 1. The van der Waals surface area contributed by atoms with E-state index >= 15 is 0 Å². The standard InChI is InChI=1S/C24H19FN4O4.ClH/c1-2-13-11-15(8-9-18(13)25)29-21(30)16-5-3-4-6-17(16)24(29,33)14-7-10-19-20(12-14)27-22(26-19)28-23(31)32;/h3-12,33H,2H2,1H3,(H,31,32)(H2,26,27,28);1H. The molecule has 0 fully saturated rings. The smallest absolute Gasteiger partial charge is 0.411 e. The van der Waals surface area contributed by atoms with Gasteiger partial charge in [0.1, 0.15) is 5.82 Å². The molecule has 1 aliphatic rings. The van der Waals surface area contributed by atoms with E-state index < -0.39 is 17.7 Å². The Kier molecular flexibility index (Phi) is 5.76. The average molecular weight is 483 g/mol. The first-order valence-corrected chi connectivity index (χ1v) is 10.3. The number of hydrogen-bond donors (Lipinski definition) is 4. The summed E-state index contributed by atoms with van der Waals surface area (Å²) in [7, 11) is 0. The Morgan fingerprint density at radius 1 is 1.18 bits per heavy atom. The molecule has 174 valence electrons. The topological polar surface area (TPSA) is 119 Å². The summed E-state index contributed by atoms with van der Waals surface area (Å²) in [5, 5.41) is 23.2. The van der Waals surface area contributed by atoms with E-state index in [9.17, 15) is 19.1 Å². The van der Waals surface area contributed by atoms with Gasteiger partial charge in [0.25, 0.3) is 5.91 Å². The molecule has 4 aromatic rings. The Labute approximate surface area is 199 Å². The van der Waals surface area contributed by atoms with E-state index in [1.807, 2.05) is 6.92 Å². The number of rotatable bonds is 4. The highest BCUT2D eigenvalue weighted by atomic mass is 35.5. The van der Waals surface area contributed by atoms with Gasteiger partial charge >= 0.3 is 6.09 Å². The van der Waals surface area contributed by atoms with Crippen LogP contribution in [0.2, 0.25) is 0 Å². The number of imidazole rings is 1. The van der Waals surface area contributed by atoms with Gasteiger partial charge in [-0.3, -0.25) is 15.0 Å². The summed E-state index contributed by atoms with van der Waals surface area (Å²) >= 11 is 0. The predicted molar refractivity (Wildman–Crippen MR) is 127 cm³/mol. The summed E-state index contributed by atoms with van der Waals surface area (Å²) in [5.41, 5.74) is 0.903. The number of carbonyl (C=O) groups excluding carboxylic acids is 1. The number of H-pyrrole nitrogens is 1. The van der Waals surface area contributed by atoms with Gasteiger partial charge in [0.15, 0.2) is 5.72 Å². The number of hydrogen-bond acceptors (Lipinski definition) is 4. The molecule has 0 spiro atoms. The summed E-state index contributed by atoms with van der Waals surface area (Å²) in [6, 6.07) is 15.9. The second-order valence-corrected chi connectivity index (χ2v) is 7.74. The van der Waals surface area contributed by atoms with Crippen molar-refractivity contribution in [1.82, 2.24) is 9.97 Å². The molecule has 8 nitrogen and oxygen atoms in total. The van der Waals surface area contributed by atoms with Crippen LogP contribution in [-0.4, -0.2) is 32.2 Å².